The lowest BCUT2D eigenvalue weighted by molar-refractivity contribution is -0.905. The minimum absolute atomic E-state index is 0.0123. The predicted molar refractivity (Wildman–Crippen MR) is 88.9 cm³/mol. The molecular formula is C19H21F2N2O+. The SMILES string of the molecule is C[NH+](CC(=O)Nc1ccc(F)cc1F)[C@H]1CCCc2ccccc21. The first kappa shape index (κ1) is 16.6. The molecule has 0 saturated carbocycles. The van der Waals surface area contributed by atoms with Crippen molar-refractivity contribution in [2.75, 3.05) is 18.9 Å². The van der Waals surface area contributed by atoms with E-state index in [0.29, 0.717) is 0 Å². The van der Waals surface area contributed by atoms with Crippen LogP contribution in [0, 0.1) is 11.6 Å². The highest BCUT2D eigenvalue weighted by Crippen LogP contribution is 2.27. The van der Waals surface area contributed by atoms with Crippen molar-refractivity contribution in [1.29, 1.82) is 0 Å². The van der Waals surface area contributed by atoms with Gasteiger partial charge < -0.3 is 10.2 Å². The molecule has 1 aliphatic rings. The molecule has 0 aromatic heterocycles. The van der Waals surface area contributed by atoms with Crippen molar-refractivity contribution in [1.82, 2.24) is 0 Å². The number of fused-ring (bicyclic) bond motifs is 1. The van der Waals surface area contributed by atoms with E-state index in [1.165, 1.54) is 17.2 Å². The molecule has 1 amide bonds. The van der Waals surface area contributed by atoms with Gasteiger partial charge in [-0.25, -0.2) is 8.78 Å². The van der Waals surface area contributed by atoms with Gasteiger partial charge in [-0.15, -0.1) is 0 Å². The molecule has 5 heteroatoms. The lowest BCUT2D eigenvalue weighted by atomic mass is 9.87. The summed E-state index contributed by atoms with van der Waals surface area (Å²) in [4.78, 5) is 13.3. The van der Waals surface area contributed by atoms with E-state index in [0.717, 1.165) is 36.3 Å². The Bertz CT molecular complexity index is 748. The van der Waals surface area contributed by atoms with Gasteiger partial charge in [-0.1, -0.05) is 24.3 Å². The minimum atomic E-state index is -0.760. The summed E-state index contributed by atoms with van der Waals surface area (Å²) in [6.45, 7) is 0.232. The maximum Gasteiger partial charge on any atom is 0.279 e. The van der Waals surface area contributed by atoms with Crippen molar-refractivity contribution < 1.29 is 18.5 Å². The summed E-state index contributed by atoms with van der Waals surface area (Å²) in [5.74, 6) is -1.70. The molecule has 1 aliphatic carbocycles. The molecule has 0 bridgehead atoms. The van der Waals surface area contributed by atoms with Crippen LogP contribution in [0.1, 0.15) is 30.0 Å². The molecule has 0 aliphatic heterocycles. The zero-order valence-corrected chi connectivity index (χ0v) is 13.6. The third-order valence-electron chi connectivity index (χ3n) is 4.61. The first-order valence-corrected chi connectivity index (χ1v) is 8.19. The largest absolute Gasteiger partial charge is 0.323 e. The molecule has 3 rings (SSSR count). The Morgan fingerprint density at radius 1 is 1.25 bits per heavy atom. The Balaban J connectivity index is 1.67. The van der Waals surface area contributed by atoms with Crippen LogP contribution in [-0.2, 0) is 11.2 Å². The topological polar surface area (TPSA) is 33.5 Å². The number of aryl methyl sites for hydroxylation is 1. The number of nitrogens with one attached hydrogen (secondary N) is 2. The molecular weight excluding hydrogens is 310 g/mol. The third kappa shape index (κ3) is 3.62. The zero-order chi connectivity index (χ0) is 17.1. The highest BCUT2D eigenvalue weighted by atomic mass is 19.1. The molecule has 2 aromatic rings. The number of likely N-dealkylation sites (N-methyl/N-ethyl adjacent to an activating group) is 1. The van der Waals surface area contributed by atoms with Crippen LogP contribution in [0.3, 0.4) is 0 Å². The molecule has 2 atom stereocenters. The normalized spacial score (nSPS) is 17.9. The van der Waals surface area contributed by atoms with E-state index in [9.17, 15) is 13.6 Å². The van der Waals surface area contributed by atoms with Crippen molar-refractivity contribution in [2.24, 2.45) is 0 Å². The van der Waals surface area contributed by atoms with E-state index in [2.05, 4.69) is 17.4 Å². The zero-order valence-electron chi connectivity index (χ0n) is 13.6. The fraction of sp³-hybridized carbons (Fsp3) is 0.316. The number of carbonyl (C=O) groups excluding carboxylic acids is 1. The van der Waals surface area contributed by atoms with Gasteiger partial charge in [0.1, 0.15) is 17.7 Å². The molecule has 3 nitrogen and oxygen atoms in total. The van der Waals surface area contributed by atoms with Gasteiger partial charge >= 0.3 is 0 Å². The van der Waals surface area contributed by atoms with Gasteiger partial charge in [-0.3, -0.25) is 4.79 Å². The number of carbonyl (C=O) groups is 1. The highest BCUT2D eigenvalue weighted by molar-refractivity contribution is 5.91. The molecule has 0 radical (unpaired) electrons. The first-order valence-electron chi connectivity index (χ1n) is 8.19. The van der Waals surface area contributed by atoms with Crippen molar-refractivity contribution in [2.45, 2.75) is 25.3 Å². The number of amides is 1. The van der Waals surface area contributed by atoms with Gasteiger partial charge in [0.15, 0.2) is 6.54 Å². The second-order valence-electron chi connectivity index (χ2n) is 6.34. The number of halogens is 2. The average molecular weight is 331 g/mol. The van der Waals surface area contributed by atoms with Crippen LogP contribution >= 0.6 is 0 Å². The third-order valence-corrected chi connectivity index (χ3v) is 4.61. The van der Waals surface area contributed by atoms with E-state index in [-0.39, 0.29) is 24.2 Å². The predicted octanol–water partition coefficient (Wildman–Crippen LogP) is 2.50. The van der Waals surface area contributed by atoms with E-state index in [1.54, 1.807) is 0 Å². The quantitative estimate of drug-likeness (QED) is 0.887. The van der Waals surface area contributed by atoms with Crippen LogP contribution in [0.5, 0.6) is 0 Å². The van der Waals surface area contributed by atoms with Crippen LogP contribution in [0.2, 0.25) is 0 Å². The Hall–Kier alpha value is -2.27. The summed E-state index contributed by atoms with van der Waals surface area (Å²) in [5.41, 5.74) is 2.65. The second-order valence-corrected chi connectivity index (χ2v) is 6.34. The Morgan fingerprint density at radius 3 is 2.83 bits per heavy atom. The first-order chi connectivity index (χ1) is 11.5. The highest BCUT2D eigenvalue weighted by Gasteiger charge is 2.28. The molecule has 2 N–H and O–H groups in total. The van der Waals surface area contributed by atoms with Gasteiger partial charge in [0.05, 0.1) is 12.7 Å². The second kappa shape index (κ2) is 7.09. The van der Waals surface area contributed by atoms with Gasteiger partial charge in [0.25, 0.3) is 5.91 Å². The van der Waals surface area contributed by atoms with Crippen molar-refractivity contribution in [3.8, 4) is 0 Å². The van der Waals surface area contributed by atoms with Gasteiger partial charge in [-0.05, 0) is 30.5 Å². The van der Waals surface area contributed by atoms with Crippen molar-refractivity contribution >= 4 is 11.6 Å². The fourth-order valence-electron chi connectivity index (χ4n) is 3.43. The molecule has 24 heavy (non-hydrogen) atoms. The fourth-order valence-corrected chi connectivity index (χ4v) is 3.43. The number of hydrogen-bond donors (Lipinski definition) is 2. The summed E-state index contributed by atoms with van der Waals surface area (Å²) in [6, 6.07) is 11.7. The summed E-state index contributed by atoms with van der Waals surface area (Å²) < 4.78 is 26.6. The van der Waals surface area contributed by atoms with Crippen molar-refractivity contribution in [3.63, 3.8) is 0 Å². The molecule has 126 valence electrons. The lowest BCUT2D eigenvalue weighted by Gasteiger charge is -2.30. The smallest absolute Gasteiger partial charge is 0.279 e. The number of hydrogen-bond acceptors (Lipinski definition) is 1. The maximum absolute atomic E-state index is 13.6. The van der Waals surface area contributed by atoms with E-state index in [1.807, 2.05) is 19.2 Å². The van der Waals surface area contributed by atoms with Crippen LogP contribution < -0.4 is 10.2 Å². The summed E-state index contributed by atoms with van der Waals surface area (Å²) in [6.07, 6.45) is 3.21. The minimum Gasteiger partial charge on any atom is -0.323 e. The lowest BCUT2D eigenvalue weighted by Crippen LogP contribution is -3.10. The molecule has 2 aromatic carbocycles. The van der Waals surface area contributed by atoms with E-state index < -0.39 is 11.6 Å². The maximum atomic E-state index is 13.6. The number of anilines is 1. The summed E-state index contributed by atoms with van der Waals surface area (Å²) >= 11 is 0. The molecule has 0 saturated heterocycles. The summed E-state index contributed by atoms with van der Waals surface area (Å²) in [5, 5.41) is 2.53. The van der Waals surface area contributed by atoms with Crippen molar-refractivity contribution in [3.05, 3.63) is 65.2 Å². The van der Waals surface area contributed by atoms with Crippen LogP contribution in [0.15, 0.2) is 42.5 Å². The Morgan fingerprint density at radius 2 is 2.04 bits per heavy atom. The molecule has 0 spiro atoms. The van der Waals surface area contributed by atoms with E-state index >= 15 is 0 Å². The number of benzene rings is 2. The Labute approximate surface area is 140 Å². The monoisotopic (exact) mass is 331 g/mol. The van der Waals surface area contributed by atoms with Gasteiger partial charge in [0.2, 0.25) is 0 Å². The van der Waals surface area contributed by atoms with Crippen LogP contribution in [0.4, 0.5) is 14.5 Å². The molecule has 1 unspecified atom stereocenters. The van der Waals surface area contributed by atoms with Gasteiger partial charge in [-0.2, -0.15) is 0 Å². The standard InChI is InChI=1S/C19H20F2N2O/c1-23(18-8-4-6-13-5-2-3-7-15(13)18)12-19(24)22-17-10-9-14(20)11-16(17)21/h2-3,5,7,9-11,18H,4,6,8,12H2,1H3,(H,22,24)/p+1/t18-/m0/s1. The van der Waals surface area contributed by atoms with Crippen LogP contribution in [0.25, 0.3) is 0 Å². The van der Waals surface area contributed by atoms with E-state index in [4.69, 9.17) is 0 Å². The van der Waals surface area contributed by atoms with Crippen LogP contribution in [-0.4, -0.2) is 19.5 Å². The Kier molecular flexibility index (Phi) is 4.90. The molecule has 0 heterocycles. The number of quaternary nitrogens is 1. The number of rotatable bonds is 4. The average Bonchev–Trinajstić information content (AvgIpc) is 2.57. The molecule has 0 fully saturated rings. The van der Waals surface area contributed by atoms with Gasteiger partial charge in [0, 0.05) is 18.1 Å². The summed E-state index contributed by atoms with van der Waals surface area (Å²) in [7, 11) is 1.98.